The molecule has 0 aliphatic rings. The highest BCUT2D eigenvalue weighted by Gasteiger charge is 2.24. The minimum atomic E-state index is -0.796. The molecule has 1 heterocycles. The maximum atomic E-state index is 14.2. The van der Waals surface area contributed by atoms with E-state index in [0.29, 0.717) is 16.3 Å². The van der Waals surface area contributed by atoms with Gasteiger partial charge in [0.05, 0.1) is 10.6 Å². The Morgan fingerprint density at radius 1 is 1.15 bits per heavy atom. The largest absolute Gasteiger partial charge is 0.417 e. The van der Waals surface area contributed by atoms with Gasteiger partial charge in [-0.3, -0.25) is 5.32 Å². The Labute approximate surface area is 158 Å². The highest BCUT2D eigenvalue weighted by atomic mass is 35.5. The number of hydrogen-bond donors (Lipinski definition) is 1. The number of hydrogen-bond acceptors (Lipinski definition) is 4. The van der Waals surface area contributed by atoms with Crippen LogP contribution in [0.1, 0.15) is 11.3 Å². The van der Waals surface area contributed by atoms with Crippen molar-refractivity contribution in [2.24, 2.45) is 0 Å². The van der Waals surface area contributed by atoms with Gasteiger partial charge in [-0.15, -0.1) is 0 Å². The minimum absolute atomic E-state index is 0.00330. The topological polar surface area (TPSA) is 64.4 Å². The summed E-state index contributed by atoms with van der Waals surface area (Å²) in [5.41, 5.74) is 1.17. The summed E-state index contributed by atoms with van der Waals surface area (Å²) in [4.78, 5) is 12.3. The molecule has 0 aliphatic heterocycles. The molecule has 0 saturated carbocycles. The van der Waals surface area contributed by atoms with Gasteiger partial charge in [-0.2, -0.15) is 0 Å². The van der Waals surface area contributed by atoms with Gasteiger partial charge in [0.1, 0.15) is 5.82 Å². The molecule has 2 aromatic carbocycles. The number of benzene rings is 2. The molecule has 3 rings (SSSR count). The zero-order chi connectivity index (χ0) is 18.8. The first-order valence-electron chi connectivity index (χ1n) is 7.53. The summed E-state index contributed by atoms with van der Waals surface area (Å²) in [5.74, 6) is -0.423. The predicted molar refractivity (Wildman–Crippen MR) is 97.5 cm³/mol. The highest BCUT2D eigenvalue weighted by Crippen LogP contribution is 2.38. The molecule has 0 fully saturated rings. The first kappa shape index (κ1) is 18.2. The second-order valence-corrected chi connectivity index (χ2v) is 6.25. The Morgan fingerprint density at radius 3 is 2.58 bits per heavy atom. The number of aromatic nitrogens is 1. The van der Waals surface area contributed by atoms with Crippen LogP contribution in [-0.4, -0.2) is 11.2 Å². The van der Waals surface area contributed by atoms with Crippen LogP contribution in [0.3, 0.4) is 0 Å². The van der Waals surface area contributed by atoms with E-state index in [2.05, 4.69) is 10.5 Å². The average molecular weight is 395 g/mol. The quantitative estimate of drug-likeness (QED) is 0.590. The Hall–Kier alpha value is -2.57. The molecule has 0 spiro atoms. The van der Waals surface area contributed by atoms with E-state index in [9.17, 15) is 9.18 Å². The molecule has 0 aliphatic carbocycles. The molecule has 0 atom stereocenters. The van der Waals surface area contributed by atoms with Gasteiger partial charge in [-0.05, 0) is 36.8 Å². The van der Waals surface area contributed by atoms with Crippen molar-refractivity contribution in [1.29, 1.82) is 0 Å². The molecule has 5 nitrogen and oxygen atoms in total. The molecule has 1 amide bonds. The first-order chi connectivity index (χ1) is 12.4. The van der Waals surface area contributed by atoms with Crippen LogP contribution >= 0.6 is 23.2 Å². The summed E-state index contributed by atoms with van der Waals surface area (Å²) in [5, 5.41) is 6.98. The number of amides is 1. The lowest BCUT2D eigenvalue weighted by Crippen LogP contribution is -2.18. The van der Waals surface area contributed by atoms with E-state index in [1.807, 2.05) is 0 Å². The molecule has 1 aromatic heterocycles. The van der Waals surface area contributed by atoms with E-state index in [-0.39, 0.29) is 27.8 Å². The van der Waals surface area contributed by atoms with E-state index in [4.69, 9.17) is 32.5 Å². The molecule has 0 radical (unpaired) electrons. The lowest BCUT2D eigenvalue weighted by molar-refractivity contribution is 0.214. The Morgan fingerprint density at radius 2 is 1.85 bits per heavy atom. The van der Waals surface area contributed by atoms with Crippen LogP contribution in [0, 0.1) is 19.7 Å². The van der Waals surface area contributed by atoms with E-state index < -0.39 is 11.9 Å². The summed E-state index contributed by atoms with van der Waals surface area (Å²) in [6, 6.07) is 9.27. The summed E-state index contributed by atoms with van der Waals surface area (Å²) in [7, 11) is 0. The minimum Gasteiger partial charge on any atom is -0.404 e. The van der Waals surface area contributed by atoms with Crippen LogP contribution in [0.15, 0.2) is 40.9 Å². The van der Waals surface area contributed by atoms with Gasteiger partial charge in [-0.25, -0.2) is 9.18 Å². The van der Waals surface area contributed by atoms with Gasteiger partial charge in [0.25, 0.3) is 0 Å². The van der Waals surface area contributed by atoms with E-state index in [1.54, 1.807) is 32.0 Å². The second kappa shape index (κ2) is 7.35. The van der Waals surface area contributed by atoms with Crippen molar-refractivity contribution in [1.82, 2.24) is 5.16 Å². The zero-order valence-corrected chi connectivity index (χ0v) is 15.3. The molecule has 0 bridgehead atoms. The number of nitrogens with zero attached hydrogens (tertiary/aromatic N) is 1. The fraction of sp³-hybridized carbons (Fsp3) is 0.111. The summed E-state index contributed by atoms with van der Waals surface area (Å²) < 4.78 is 24.5. The molecule has 1 N–H and O–H groups in total. The lowest BCUT2D eigenvalue weighted by atomic mass is 10.1. The summed E-state index contributed by atoms with van der Waals surface area (Å²) in [6.45, 7) is 3.30. The van der Waals surface area contributed by atoms with Gasteiger partial charge < -0.3 is 9.26 Å². The molecule has 0 saturated heterocycles. The van der Waals surface area contributed by atoms with Crippen LogP contribution in [0.4, 0.5) is 14.9 Å². The summed E-state index contributed by atoms with van der Waals surface area (Å²) in [6.07, 6.45) is -0.796. The Bertz CT molecular complexity index is 968. The van der Waals surface area contributed by atoms with E-state index in [0.717, 1.165) is 0 Å². The predicted octanol–water partition coefficient (Wildman–Crippen LogP) is 6.02. The zero-order valence-electron chi connectivity index (χ0n) is 13.8. The number of anilines is 1. The number of halogens is 3. The van der Waals surface area contributed by atoms with Crippen molar-refractivity contribution in [2.75, 3.05) is 5.32 Å². The molecule has 8 heteroatoms. The number of nitrogens with one attached hydrogen (secondary N) is 1. The lowest BCUT2D eigenvalue weighted by Gasteiger charge is -2.10. The number of ether oxygens (including phenoxy) is 1. The molecular formula is C18H13Cl2FN2O3. The van der Waals surface area contributed by atoms with Gasteiger partial charge in [-0.1, -0.05) is 40.5 Å². The van der Waals surface area contributed by atoms with Crippen molar-refractivity contribution in [3.63, 3.8) is 0 Å². The van der Waals surface area contributed by atoms with Crippen molar-refractivity contribution < 1.29 is 18.4 Å². The highest BCUT2D eigenvalue weighted by molar-refractivity contribution is 6.33. The van der Waals surface area contributed by atoms with Gasteiger partial charge in [0.15, 0.2) is 11.5 Å². The fourth-order valence-corrected chi connectivity index (χ4v) is 2.77. The monoisotopic (exact) mass is 394 g/mol. The maximum Gasteiger partial charge on any atom is 0.417 e. The smallest absolute Gasteiger partial charge is 0.404 e. The Kier molecular flexibility index (Phi) is 5.15. The van der Waals surface area contributed by atoms with E-state index in [1.165, 1.54) is 18.2 Å². The van der Waals surface area contributed by atoms with Crippen molar-refractivity contribution in [2.45, 2.75) is 13.8 Å². The number of aryl methyl sites for hydroxylation is 1. The molecule has 0 unspecified atom stereocenters. The van der Waals surface area contributed by atoms with Gasteiger partial charge in [0.2, 0.25) is 5.75 Å². The third-order valence-corrected chi connectivity index (χ3v) is 4.43. The van der Waals surface area contributed by atoms with Crippen LogP contribution in [0.5, 0.6) is 5.75 Å². The van der Waals surface area contributed by atoms with Crippen molar-refractivity contribution in [3.8, 4) is 17.0 Å². The number of carbonyl (C=O) groups excluding carboxylic acids is 1. The van der Waals surface area contributed by atoms with Crippen LogP contribution in [0.25, 0.3) is 11.3 Å². The van der Waals surface area contributed by atoms with Crippen LogP contribution in [0.2, 0.25) is 10.0 Å². The van der Waals surface area contributed by atoms with Crippen molar-refractivity contribution in [3.05, 3.63) is 63.6 Å². The third-order valence-electron chi connectivity index (χ3n) is 3.71. The first-order valence-corrected chi connectivity index (χ1v) is 8.28. The normalized spacial score (nSPS) is 10.7. The second-order valence-electron chi connectivity index (χ2n) is 5.44. The number of carbonyl (C=O) groups is 1. The third kappa shape index (κ3) is 3.52. The SMILES string of the molecule is Cc1onc(-c2c(F)cccc2Cl)c1OC(=O)Nc1cccc(Cl)c1C. The molecule has 26 heavy (non-hydrogen) atoms. The molecule has 134 valence electrons. The van der Waals surface area contributed by atoms with Crippen LogP contribution in [-0.2, 0) is 0 Å². The Balaban J connectivity index is 1.90. The number of rotatable bonds is 3. The van der Waals surface area contributed by atoms with E-state index >= 15 is 0 Å². The maximum absolute atomic E-state index is 14.2. The summed E-state index contributed by atoms with van der Waals surface area (Å²) >= 11 is 12.1. The van der Waals surface area contributed by atoms with Crippen LogP contribution < -0.4 is 10.1 Å². The van der Waals surface area contributed by atoms with Gasteiger partial charge >= 0.3 is 6.09 Å². The average Bonchev–Trinajstić information content (AvgIpc) is 2.93. The molecular weight excluding hydrogens is 382 g/mol. The molecule has 3 aromatic rings. The standard InChI is InChI=1S/C18H13Cl2FN2O3/c1-9-11(19)5-4-8-14(9)22-18(24)25-17-10(2)26-23-16(17)15-12(20)6-3-7-13(15)21/h3-8H,1-2H3,(H,22,24). The van der Waals surface area contributed by atoms with Crippen molar-refractivity contribution >= 4 is 35.0 Å². The van der Waals surface area contributed by atoms with Gasteiger partial charge in [0, 0.05) is 17.6 Å². The fourth-order valence-electron chi connectivity index (χ4n) is 2.34.